The molecule has 5 nitrogen and oxygen atoms in total. The average Bonchev–Trinajstić information content (AvgIpc) is 2.47. The van der Waals surface area contributed by atoms with Crippen molar-refractivity contribution >= 4 is 29.2 Å². The number of carbonyl (C=O) groups is 1. The molecule has 0 fully saturated rings. The summed E-state index contributed by atoms with van der Waals surface area (Å²) >= 11 is 1.18. The van der Waals surface area contributed by atoms with E-state index in [1.165, 1.54) is 11.8 Å². The van der Waals surface area contributed by atoms with Gasteiger partial charge in [-0.2, -0.15) is 0 Å². The van der Waals surface area contributed by atoms with Crippen molar-refractivity contribution in [1.29, 1.82) is 0 Å². The Morgan fingerprint density at radius 1 is 1.30 bits per heavy atom. The molecule has 0 aliphatic heterocycles. The SMILES string of the molecule is CC[C@H](Sc1ncccc1Nc1ccccn1)C(=O)[O-]. The molecule has 2 aromatic rings. The number of hydrogen-bond acceptors (Lipinski definition) is 6. The molecule has 0 spiro atoms. The van der Waals surface area contributed by atoms with Gasteiger partial charge in [-0.1, -0.05) is 24.8 Å². The first kappa shape index (κ1) is 14.3. The summed E-state index contributed by atoms with van der Waals surface area (Å²) in [6.07, 6.45) is 3.79. The lowest BCUT2D eigenvalue weighted by molar-refractivity contribution is -0.304. The maximum Gasteiger partial charge on any atom is 0.130 e. The fraction of sp³-hybridized carbons (Fsp3) is 0.214. The van der Waals surface area contributed by atoms with E-state index in [1.807, 2.05) is 31.2 Å². The summed E-state index contributed by atoms with van der Waals surface area (Å²) in [5, 5.41) is 14.1. The van der Waals surface area contributed by atoms with E-state index in [9.17, 15) is 9.90 Å². The molecule has 2 aromatic heterocycles. The molecule has 2 rings (SSSR count). The van der Waals surface area contributed by atoms with Crippen LogP contribution in [0.25, 0.3) is 0 Å². The van der Waals surface area contributed by atoms with Gasteiger partial charge < -0.3 is 15.2 Å². The van der Waals surface area contributed by atoms with E-state index in [-0.39, 0.29) is 0 Å². The number of anilines is 2. The van der Waals surface area contributed by atoms with E-state index in [1.54, 1.807) is 18.5 Å². The monoisotopic (exact) mass is 288 g/mol. The lowest BCUT2D eigenvalue weighted by Crippen LogP contribution is -2.33. The topological polar surface area (TPSA) is 77.9 Å². The summed E-state index contributed by atoms with van der Waals surface area (Å²) in [4.78, 5) is 19.4. The van der Waals surface area contributed by atoms with Crippen molar-refractivity contribution in [2.75, 3.05) is 5.32 Å². The quantitative estimate of drug-likeness (QED) is 0.817. The Bertz CT molecular complexity index is 578. The molecule has 0 saturated carbocycles. The maximum atomic E-state index is 11.0. The van der Waals surface area contributed by atoms with Crippen molar-refractivity contribution in [3.63, 3.8) is 0 Å². The van der Waals surface area contributed by atoms with Crippen LogP contribution in [0.1, 0.15) is 13.3 Å². The first-order valence-corrected chi connectivity index (χ1v) is 7.09. The summed E-state index contributed by atoms with van der Waals surface area (Å²) in [6.45, 7) is 1.81. The molecule has 0 unspecified atom stereocenters. The van der Waals surface area contributed by atoms with Crippen LogP contribution in [0, 0.1) is 0 Å². The molecular formula is C14H14N3O2S-. The third-order valence-corrected chi connectivity index (χ3v) is 3.95. The third kappa shape index (κ3) is 3.71. The van der Waals surface area contributed by atoms with Gasteiger partial charge in [0.25, 0.3) is 0 Å². The van der Waals surface area contributed by atoms with Gasteiger partial charge in [0, 0.05) is 12.4 Å². The number of carboxylic acids is 1. The standard InChI is InChI=1S/C14H15N3O2S/c1-2-11(14(18)19)20-13-10(6-5-9-16-13)17-12-7-3-4-8-15-12/h3-9,11H,2H2,1H3,(H,15,17)(H,18,19)/p-1/t11-/m0/s1. The van der Waals surface area contributed by atoms with Gasteiger partial charge in [0.1, 0.15) is 10.8 Å². The number of aromatic nitrogens is 2. The molecule has 0 radical (unpaired) electrons. The number of aliphatic carboxylic acids is 1. The zero-order valence-electron chi connectivity index (χ0n) is 10.9. The Labute approximate surface area is 121 Å². The molecule has 20 heavy (non-hydrogen) atoms. The predicted molar refractivity (Wildman–Crippen MR) is 76.7 cm³/mol. The van der Waals surface area contributed by atoms with E-state index in [0.717, 1.165) is 5.69 Å². The van der Waals surface area contributed by atoms with Gasteiger partial charge in [0.05, 0.1) is 16.9 Å². The first-order chi connectivity index (χ1) is 9.70. The van der Waals surface area contributed by atoms with Crippen LogP contribution < -0.4 is 10.4 Å². The van der Waals surface area contributed by atoms with Crippen LogP contribution in [0.15, 0.2) is 47.8 Å². The fourth-order valence-corrected chi connectivity index (χ4v) is 2.49. The molecule has 6 heteroatoms. The van der Waals surface area contributed by atoms with Gasteiger partial charge in [-0.05, 0) is 30.7 Å². The van der Waals surface area contributed by atoms with Gasteiger partial charge >= 0.3 is 0 Å². The molecule has 0 aromatic carbocycles. The van der Waals surface area contributed by atoms with Crippen molar-refractivity contribution in [2.24, 2.45) is 0 Å². The number of nitrogens with one attached hydrogen (secondary N) is 1. The van der Waals surface area contributed by atoms with Crippen LogP contribution in [-0.2, 0) is 4.79 Å². The van der Waals surface area contributed by atoms with Gasteiger partial charge in [0.2, 0.25) is 0 Å². The second-order valence-electron chi connectivity index (χ2n) is 4.03. The van der Waals surface area contributed by atoms with Gasteiger partial charge in [-0.3, -0.25) is 0 Å². The predicted octanol–water partition coefficient (Wildman–Crippen LogP) is 1.84. The van der Waals surface area contributed by atoms with Gasteiger partial charge in [-0.15, -0.1) is 0 Å². The number of carboxylic acid groups (broad SMARTS) is 1. The molecule has 0 aliphatic rings. The highest BCUT2D eigenvalue weighted by molar-refractivity contribution is 8.00. The highest BCUT2D eigenvalue weighted by Crippen LogP contribution is 2.30. The van der Waals surface area contributed by atoms with Gasteiger partial charge in [-0.25, -0.2) is 9.97 Å². The highest BCUT2D eigenvalue weighted by atomic mass is 32.2. The summed E-state index contributed by atoms with van der Waals surface area (Å²) in [6, 6.07) is 9.15. The Morgan fingerprint density at radius 2 is 2.10 bits per heavy atom. The first-order valence-electron chi connectivity index (χ1n) is 6.21. The van der Waals surface area contributed by atoms with Crippen molar-refractivity contribution in [1.82, 2.24) is 9.97 Å². The largest absolute Gasteiger partial charge is 0.549 e. The summed E-state index contributed by atoms with van der Waals surface area (Å²) in [5.41, 5.74) is 0.732. The molecule has 104 valence electrons. The summed E-state index contributed by atoms with van der Waals surface area (Å²) < 4.78 is 0. The van der Waals surface area contributed by atoms with E-state index >= 15 is 0 Å². The molecule has 1 atom stereocenters. The number of rotatable bonds is 6. The minimum Gasteiger partial charge on any atom is -0.549 e. The number of pyridine rings is 2. The molecular weight excluding hydrogens is 274 g/mol. The zero-order chi connectivity index (χ0) is 14.4. The number of thioether (sulfide) groups is 1. The normalized spacial score (nSPS) is 11.8. The Kier molecular flexibility index (Phi) is 4.95. The smallest absolute Gasteiger partial charge is 0.130 e. The minimum atomic E-state index is -1.08. The molecule has 1 N–H and O–H groups in total. The zero-order valence-corrected chi connectivity index (χ0v) is 11.8. The van der Waals surface area contributed by atoms with Crippen molar-refractivity contribution in [2.45, 2.75) is 23.6 Å². The van der Waals surface area contributed by atoms with Gasteiger partial charge in [0.15, 0.2) is 0 Å². The summed E-state index contributed by atoms with van der Waals surface area (Å²) in [7, 11) is 0. The van der Waals surface area contributed by atoms with Crippen molar-refractivity contribution in [3.05, 3.63) is 42.7 Å². The molecule has 0 aliphatic carbocycles. The second-order valence-corrected chi connectivity index (χ2v) is 5.22. The van der Waals surface area contributed by atoms with Crippen LogP contribution in [0.4, 0.5) is 11.5 Å². The van der Waals surface area contributed by atoms with Crippen LogP contribution in [0.5, 0.6) is 0 Å². The Hall–Kier alpha value is -2.08. The summed E-state index contributed by atoms with van der Waals surface area (Å²) in [5.74, 6) is -0.393. The van der Waals surface area contributed by atoms with Crippen LogP contribution in [-0.4, -0.2) is 21.2 Å². The van der Waals surface area contributed by atoms with Crippen LogP contribution >= 0.6 is 11.8 Å². The minimum absolute atomic E-state index is 0.479. The van der Waals surface area contributed by atoms with E-state index in [2.05, 4.69) is 15.3 Å². The Morgan fingerprint density at radius 3 is 2.75 bits per heavy atom. The Balaban J connectivity index is 2.20. The average molecular weight is 288 g/mol. The van der Waals surface area contributed by atoms with E-state index < -0.39 is 11.2 Å². The number of carbonyl (C=O) groups excluding carboxylic acids is 1. The molecule has 2 heterocycles. The lowest BCUT2D eigenvalue weighted by Gasteiger charge is -2.17. The highest BCUT2D eigenvalue weighted by Gasteiger charge is 2.13. The molecule has 0 bridgehead atoms. The van der Waals surface area contributed by atoms with E-state index in [4.69, 9.17) is 0 Å². The third-order valence-electron chi connectivity index (χ3n) is 2.59. The molecule has 0 amide bonds. The lowest BCUT2D eigenvalue weighted by atomic mass is 10.3. The second kappa shape index (κ2) is 6.91. The van der Waals surface area contributed by atoms with Crippen LogP contribution in [0.3, 0.4) is 0 Å². The van der Waals surface area contributed by atoms with Crippen molar-refractivity contribution in [3.8, 4) is 0 Å². The fourth-order valence-electron chi connectivity index (χ4n) is 1.59. The van der Waals surface area contributed by atoms with E-state index in [0.29, 0.717) is 17.3 Å². The number of nitrogens with zero attached hydrogens (tertiary/aromatic N) is 2. The number of hydrogen-bond donors (Lipinski definition) is 1. The molecule has 0 saturated heterocycles. The maximum absolute atomic E-state index is 11.0. The van der Waals surface area contributed by atoms with Crippen LogP contribution in [0.2, 0.25) is 0 Å². The van der Waals surface area contributed by atoms with Crippen molar-refractivity contribution < 1.29 is 9.90 Å².